The number of aromatic nitrogens is 2. The summed E-state index contributed by atoms with van der Waals surface area (Å²) in [7, 11) is 0. The van der Waals surface area contributed by atoms with E-state index in [1.165, 1.54) is 41.4 Å². The van der Waals surface area contributed by atoms with Crippen LogP contribution in [0.3, 0.4) is 0 Å². The van der Waals surface area contributed by atoms with E-state index in [1.807, 2.05) is 35.0 Å². The fraction of sp³-hybridized carbons (Fsp3) is 0. The Morgan fingerprint density at radius 3 is 2.16 bits per heavy atom. The molecule has 3 N–H and O–H groups in total. The zero-order valence-electron chi connectivity index (χ0n) is 12.7. The molecule has 0 aliphatic carbocycles. The number of imidazole rings is 1. The van der Waals surface area contributed by atoms with Crippen molar-refractivity contribution in [2.75, 3.05) is 0 Å². The summed E-state index contributed by atoms with van der Waals surface area (Å²) in [5.41, 5.74) is 4.63. The molecule has 0 saturated heterocycles. The highest BCUT2D eigenvalue weighted by Gasteiger charge is 2.19. The SMILES string of the molecule is O=C(N/N=C\c1cccs1)c1nc[nH]c1C(=O)N/N=C\c1cccs1. The Morgan fingerprint density at radius 1 is 1.00 bits per heavy atom. The van der Waals surface area contributed by atoms with E-state index in [0.717, 1.165) is 9.75 Å². The lowest BCUT2D eigenvalue weighted by Crippen LogP contribution is -2.25. The number of hydrogen-bond acceptors (Lipinski definition) is 7. The highest BCUT2D eigenvalue weighted by atomic mass is 32.1. The van der Waals surface area contributed by atoms with Gasteiger partial charge < -0.3 is 4.98 Å². The Hall–Kier alpha value is -3.11. The Bertz CT molecular complexity index is 824. The summed E-state index contributed by atoms with van der Waals surface area (Å²) in [5, 5.41) is 11.5. The number of amides is 2. The van der Waals surface area contributed by atoms with Crippen LogP contribution in [0, 0.1) is 0 Å². The minimum absolute atomic E-state index is 0.00662. The molecule has 0 bridgehead atoms. The standard InChI is InChI=1S/C15H12N6O2S2/c22-14(20-18-7-10-3-1-5-24-10)12-13(17-9-16-12)15(23)21-19-8-11-4-2-6-25-11/h1-9H,(H,16,17)(H,20,22)(H,21,23)/b18-7-,19-8-. The molecular weight excluding hydrogens is 360 g/mol. The summed E-state index contributed by atoms with van der Waals surface area (Å²) < 4.78 is 0. The number of hydrazone groups is 2. The van der Waals surface area contributed by atoms with Crippen molar-refractivity contribution in [1.29, 1.82) is 0 Å². The topological polar surface area (TPSA) is 112 Å². The molecule has 0 fully saturated rings. The van der Waals surface area contributed by atoms with Crippen LogP contribution in [0.4, 0.5) is 0 Å². The van der Waals surface area contributed by atoms with E-state index in [2.05, 4.69) is 31.0 Å². The number of thiophene rings is 2. The third-order valence-electron chi connectivity index (χ3n) is 2.88. The van der Waals surface area contributed by atoms with Crippen molar-refractivity contribution >= 4 is 46.9 Å². The number of nitrogens with zero attached hydrogens (tertiary/aromatic N) is 3. The highest BCUT2D eigenvalue weighted by Crippen LogP contribution is 2.06. The van der Waals surface area contributed by atoms with Gasteiger partial charge in [-0.2, -0.15) is 10.2 Å². The van der Waals surface area contributed by atoms with Gasteiger partial charge in [0.1, 0.15) is 5.69 Å². The van der Waals surface area contributed by atoms with Gasteiger partial charge in [0.2, 0.25) is 0 Å². The van der Waals surface area contributed by atoms with E-state index >= 15 is 0 Å². The van der Waals surface area contributed by atoms with Crippen LogP contribution in [0.15, 0.2) is 51.6 Å². The normalized spacial score (nSPS) is 11.2. The number of hydrogen-bond donors (Lipinski definition) is 3. The van der Waals surface area contributed by atoms with Crippen molar-refractivity contribution < 1.29 is 9.59 Å². The Morgan fingerprint density at radius 2 is 1.60 bits per heavy atom. The van der Waals surface area contributed by atoms with Gasteiger partial charge in [-0.05, 0) is 22.9 Å². The monoisotopic (exact) mass is 372 g/mol. The van der Waals surface area contributed by atoms with Crippen LogP contribution in [0.25, 0.3) is 0 Å². The molecule has 0 spiro atoms. The summed E-state index contributed by atoms with van der Waals surface area (Å²) in [6, 6.07) is 7.48. The number of rotatable bonds is 6. The van der Waals surface area contributed by atoms with E-state index in [9.17, 15) is 9.59 Å². The molecule has 8 nitrogen and oxygen atoms in total. The average Bonchev–Trinajstić information content (AvgIpc) is 3.36. The van der Waals surface area contributed by atoms with Gasteiger partial charge in [-0.25, -0.2) is 15.8 Å². The Kier molecular flexibility index (Phi) is 5.44. The van der Waals surface area contributed by atoms with E-state index in [0.29, 0.717) is 0 Å². The second-order valence-electron chi connectivity index (χ2n) is 4.56. The van der Waals surface area contributed by atoms with Crippen LogP contribution in [-0.2, 0) is 0 Å². The summed E-state index contributed by atoms with van der Waals surface area (Å²) >= 11 is 2.97. The maximum absolute atomic E-state index is 12.1. The molecule has 3 rings (SSSR count). The van der Waals surface area contributed by atoms with Crippen molar-refractivity contribution in [2.24, 2.45) is 10.2 Å². The number of aromatic amines is 1. The van der Waals surface area contributed by atoms with E-state index in [-0.39, 0.29) is 11.4 Å². The third-order valence-corrected chi connectivity index (χ3v) is 4.50. The second-order valence-corrected chi connectivity index (χ2v) is 6.51. The zero-order chi connectivity index (χ0) is 17.5. The molecule has 3 aromatic heterocycles. The number of carbonyl (C=O) groups is 2. The van der Waals surface area contributed by atoms with Crippen molar-refractivity contribution in [3.63, 3.8) is 0 Å². The van der Waals surface area contributed by atoms with Gasteiger partial charge in [0, 0.05) is 9.75 Å². The lowest BCUT2D eigenvalue weighted by Gasteiger charge is -2.00. The molecular formula is C15H12N6O2S2. The molecule has 0 unspecified atom stereocenters. The molecule has 0 aliphatic heterocycles. The molecule has 2 amide bonds. The molecule has 3 heterocycles. The molecule has 0 atom stereocenters. The van der Waals surface area contributed by atoms with Gasteiger partial charge in [-0.15, -0.1) is 22.7 Å². The van der Waals surface area contributed by atoms with Crippen LogP contribution in [0.5, 0.6) is 0 Å². The maximum atomic E-state index is 12.1. The van der Waals surface area contributed by atoms with Crippen LogP contribution in [0.2, 0.25) is 0 Å². The van der Waals surface area contributed by atoms with Gasteiger partial charge in [0.15, 0.2) is 5.69 Å². The van der Waals surface area contributed by atoms with Gasteiger partial charge >= 0.3 is 0 Å². The quantitative estimate of drug-likeness (QED) is 0.455. The van der Waals surface area contributed by atoms with Crippen LogP contribution >= 0.6 is 22.7 Å². The first-order valence-corrected chi connectivity index (χ1v) is 8.77. The number of H-pyrrole nitrogens is 1. The highest BCUT2D eigenvalue weighted by molar-refractivity contribution is 7.12. The minimum Gasteiger partial charge on any atom is -0.340 e. The van der Waals surface area contributed by atoms with Gasteiger partial charge in [-0.1, -0.05) is 12.1 Å². The Balaban J connectivity index is 1.61. The first-order chi connectivity index (χ1) is 12.2. The maximum Gasteiger partial charge on any atom is 0.292 e. The molecule has 126 valence electrons. The molecule has 0 saturated carbocycles. The summed E-state index contributed by atoms with van der Waals surface area (Å²) in [5.74, 6) is -1.17. The van der Waals surface area contributed by atoms with Crippen LogP contribution in [0.1, 0.15) is 30.7 Å². The minimum atomic E-state index is -0.596. The molecule has 0 radical (unpaired) electrons. The first-order valence-electron chi connectivity index (χ1n) is 7.01. The van der Waals surface area contributed by atoms with E-state index < -0.39 is 11.8 Å². The molecule has 0 aliphatic rings. The fourth-order valence-corrected chi connectivity index (χ4v) is 2.96. The lowest BCUT2D eigenvalue weighted by atomic mass is 10.3. The zero-order valence-corrected chi connectivity index (χ0v) is 14.3. The predicted molar refractivity (Wildman–Crippen MR) is 97.3 cm³/mol. The number of carbonyl (C=O) groups excluding carboxylic acids is 2. The molecule has 3 aromatic rings. The van der Waals surface area contributed by atoms with Crippen LogP contribution in [-0.4, -0.2) is 34.2 Å². The molecule has 0 aromatic carbocycles. The summed E-state index contributed by atoms with van der Waals surface area (Å²) in [6.07, 6.45) is 4.29. The smallest absolute Gasteiger partial charge is 0.292 e. The molecule has 10 heteroatoms. The van der Waals surface area contributed by atoms with Crippen molar-refractivity contribution in [3.8, 4) is 0 Å². The average molecular weight is 372 g/mol. The molecule has 25 heavy (non-hydrogen) atoms. The van der Waals surface area contributed by atoms with Gasteiger partial charge in [0.25, 0.3) is 11.8 Å². The van der Waals surface area contributed by atoms with Gasteiger partial charge in [0.05, 0.1) is 18.8 Å². The predicted octanol–water partition coefficient (Wildman–Crippen LogP) is 2.06. The summed E-state index contributed by atoms with van der Waals surface area (Å²) in [4.78, 5) is 32.5. The van der Waals surface area contributed by atoms with Crippen molar-refractivity contribution in [3.05, 3.63) is 62.5 Å². The second kappa shape index (κ2) is 8.13. The van der Waals surface area contributed by atoms with Crippen LogP contribution < -0.4 is 10.9 Å². The van der Waals surface area contributed by atoms with E-state index in [1.54, 1.807) is 0 Å². The van der Waals surface area contributed by atoms with Crippen molar-refractivity contribution in [2.45, 2.75) is 0 Å². The number of nitrogens with one attached hydrogen (secondary N) is 3. The van der Waals surface area contributed by atoms with Gasteiger partial charge in [-0.3, -0.25) is 9.59 Å². The third kappa shape index (κ3) is 4.46. The first kappa shape index (κ1) is 16.7. The summed E-state index contributed by atoms with van der Waals surface area (Å²) in [6.45, 7) is 0. The lowest BCUT2D eigenvalue weighted by molar-refractivity contribution is 0.0915. The van der Waals surface area contributed by atoms with Crippen molar-refractivity contribution in [1.82, 2.24) is 20.8 Å². The fourth-order valence-electron chi connectivity index (χ4n) is 1.79. The Labute approximate surface area is 150 Å². The largest absolute Gasteiger partial charge is 0.340 e. The van der Waals surface area contributed by atoms with E-state index in [4.69, 9.17) is 0 Å².